The summed E-state index contributed by atoms with van der Waals surface area (Å²) in [6, 6.07) is 57.8. The van der Waals surface area contributed by atoms with Crippen LogP contribution in [0.3, 0.4) is 0 Å². The lowest BCUT2D eigenvalue weighted by Crippen LogP contribution is -1.99. The standard InChI is InChI=1S/C45H25N5/c46-26-29-19-22-44-40(23-29)37-14-3-6-18-43(37)50(44)42-17-5-2-13-36(42)39-25-31(20-21-32(39)27-47)30-9-7-11-34(24-30)49-41-16-4-1-12-35(41)38-15-8-10-33(28-48)45(38)49/h1-25H. The van der Waals surface area contributed by atoms with E-state index in [0.29, 0.717) is 16.7 Å². The third-order valence-electron chi connectivity index (χ3n) is 9.63. The molecule has 0 fully saturated rings. The van der Waals surface area contributed by atoms with Crippen LogP contribution in [0.25, 0.3) is 77.2 Å². The maximum atomic E-state index is 10.4. The number of benzene rings is 7. The largest absolute Gasteiger partial charge is 0.309 e. The van der Waals surface area contributed by atoms with Crippen LogP contribution < -0.4 is 0 Å². The van der Waals surface area contributed by atoms with Crippen LogP contribution in [0.5, 0.6) is 0 Å². The lowest BCUT2D eigenvalue weighted by Gasteiger charge is -2.16. The van der Waals surface area contributed by atoms with Gasteiger partial charge in [0.15, 0.2) is 0 Å². The Kier molecular flexibility index (Phi) is 6.56. The Morgan fingerprint density at radius 3 is 1.86 bits per heavy atom. The van der Waals surface area contributed by atoms with Crippen LogP contribution in [-0.4, -0.2) is 9.13 Å². The second-order valence-corrected chi connectivity index (χ2v) is 12.3. The Hall–Kier alpha value is -7.39. The minimum atomic E-state index is 0.575. The molecule has 5 heteroatoms. The monoisotopic (exact) mass is 635 g/mol. The van der Waals surface area contributed by atoms with Crippen molar-refractivity contribution in [2.24, 2.45) is 0 Å². The second kappa shape index (κ2) is 11.4. The van der Waals surface area contributed by atoms with E-state index in [1.807, 2.05) is 84.9 Å². The van der Waals surface area contributed by atoms with E-state index >= 15 is 0 Å². The fourth-order valence-electron chi connectivity index (χ4n) is 7.44. The highest BCUT2D eigenvalue weighted by Gasteiger charge is 2.19. The highest BCUT2D eigenvalue weighted by Crippen LogP contribution is 2.40. The van der Waals surface area contributed by atoms with Gasteiger partial charge in [-0.3, -0.25) is 0 Å². The fourth-order valence-corrected chi connectivity index (χ4v) is 7.44. The lowest BCUT2D eigenvalue weighted by atomic mass is 9.93. The van der Waals surface area contributed by atoms with Crippen molar-refractivity contribution in [1.29, 1.82) is 15.8 Å². The molecule has 5 nitrogen and oxygen atoms in total. The summed E-state index contributed by atoms with van der Waals surface area (Å²) in [6.07, 6.45) is 0. The van der Waals surface area contributed by atoms with Gasteiger partial charge < -0.3 is 9.13 Å². The van der Waals surface area contributed by atoms with Crippen LogP contribution in [0.4, 0.5) is 0 Å². The Labute approximate surface area is 287 Å². The average Bonchev–Trinajstić information content (AvgIpc) is 3.70. The number of nitriles is 3. The zero-order valence-electron chi connectivity index (χ0n) is 26.7. The van der Waals surface area contributed by atoms with Crippen molar-refractivity contribution in [3.63, 3.8) is 0 Å². The molecule has 0 saturated carbocycles. The minimum Gasteiger partial charge on any atom is -0.309 e. The summed E-state index contributed by atoms with van der Waals surface area (Å²) in [5.41, 5.74) is 11.3. The normalized spacial score (nSPS) is 11.1. The number of aromatic nitrogens is 2. The van der Waals surface area contributed by atoms with E-state index in [1.54, 1.807) is 0 Å². The quantitative estimate of drug-likeness (QED) is 0.193. The first kappa shape index (κ1) is 28.8. The van der Waals surface area contributed by atoms with E-state index in [1.165, 1.54) is 0 Å². The van der Waals surface area contributed by atoms with Crippen molar-refractivity contribution in [3.05, 3.63) is 168 Å². The molecule has 230 valence electrons. The summed E-state index contributed by atoms with van der Waals surface area (Å²) in [5.74, 6) is 0. The Balaban J connectivity index is 1.24. The summed E-state index contributed by atoms with van der Waals surface area (Å²) < 4.78 is 4.40. The predicted octanol–water partition coefficient (Wildman–Crippen LogP) is 10.8. The van der Waals surface area contributed by atoms with Gasteiger partial charge in [0.25, 0.3) is 0 Å². The Morgan fingerprint density at radius 2 is 1.06 bits per heavy atom. The van der Waals surface area contributed by atoms with Gasteiger partial charge in [0.05, 0.1) is 56.6 Å². The highest BCUT2D eigenvalue weighted by molar-refractivity contribution is 6.11. The number of hydrogen-bond donors (Lipinski definition) is 0. The molecule has 0 aliphatic carbocycles. The van der Waals surface area contributed by atoms with Crippen molar-refractivity contribution in [1.82, 2.24) is 9.13 Å². The van der Waals surface area contributed by atoms with E-state index in [2.05, 4.69) is 94.1 Å². The number of hydrogen-bond acceptors (Lipinski definition) is 3. The zero-order chi connectivity index (χ0) is 33.8. The second-order valence-electron chi connectivity index (χ2n) is 12.3. The summed E-state index contributed by atoms with van der Waals surface area (Å²) in [5, 5.41) is 34.3. The molecular weight excluding hydrogens is 611 g/mol. The first-order chi connectivity index (χ1) is 24.7. The third kappa shape index (κ3) is 4.31. The van der Waals surface area contributed by atoms with Gasteiger partial charge in [-0.2, -0.15) is 15.8 Å². The van der Waals surface area contributed by atoms with Crippen molar-refractivity contribution in [3.8, 4) is 51.8 Å². The maximum absolute atomic E-state index is 10.4. The van der Waals surface area contributed by atoms with Crippen LogP contribution >= 0.6 is 0 Å². The minimum absolute atomic E-state index is 0.575. The lowest BCUT2D eigenvalue weighted by molar-refractivity contribution is 1.18. The topological polar surface area (TPSA) is 81.2 Å². The summed E-state index contributed by atoms with van der Waals surface area (Å²) in [4.78, 5) is 0. The molecule has 9 rings (SSSR count). The summed E-state index contributed by atoms with van der Waals surface area (Å²) in [7, 11) is 0. The molecule has 0 amide bonds. The van der Waals surface area contributed by atoms with Gasteiger partial charge in [-0.1, -0.05) is 84.9 Å². The van der Waals surface area contributed by atoms with Crippen molar-refractivity contribution in [2.45, 2.75) is 0 Å². The van der Waals surface area contributed by atoms with Crippen LogP contribution in [0.2, 0.25) is 0 Å². The van der Waals surface area contributed by atoms with Gasteiger partial charge in [0, 0.05) is 38.4 Å². The summed E-state index contributed by atoms with van der Waals surface area (Å²) in [6.45, 7) is 0. The van der Waals surface area contributed by atoms with Gasteiger partial charge >= 0.3 is 0 Å². The van der Waals surface area contributed by atoms with Crippen LogP contribution in [-0.2, 0) is 0 Å². The molecule has 9 aromatic rings. The number of rotatable bonds is 4. The molecule has 0 aliphatic heterocycles. The third-order valence-corrected chi connectivity index (χ3v) is 9.63. The molecule has 7 aromatic carbocycles. The van der Waals surface area contributed by atoms with Crippen LogP contribution in [0, 0.1) is 34.0 Å². The molecule has 0 saturated heterocycles. The van der Waals surface area contributed by atoms with E-state index in [9.17, 15) is 15.8 Å². The number of para-hydroxylation sites is 4. The van der Waals surface area contributed by atoms with E-state index in [0.717, 1.165) is 77.2 Å². The number of fused-ring (bicyclic) bond motifs is 6. The molecule has 0 N–H and O–H groups in total. The van der Waals surface area contributed by atoms with Crippen LogP contribution in [0.15, 0.2) is 152 Å². The first-order valence-corrected chi connectivity index (χ1v) is 16.3. The molecule has 0 radical (unpaired) electrons. The zero-order valence-corrected chi connectivity index (χ0v) is 26.7. The summed E-state index contributed by atoms with van der Waals surface area (Å²) >= 11 is 0. The van der Waals surface area contributed by atoms with Crippen molar-refractivity contribution >= 4 is 43.6 Å². The van der Waals surface area contributed by atoms with Gasteiger partial charge in [0.1, 0.15) is 6.07 Å². The molecule has 0 unspecified atom stereocenters. The van der Waals surface area contributed by atoms with Gasteiger partial charge in [0.2, 0.25) is 0 Å². The molecule has 0 bridgehead atoms. The van der Waals surface area contributed by atoms with Gasteiger partial charge in [-0.05, 0) is 77.9 Å². The predicted molar refractivity (Wildman–Crippen MR) is 200 cm³/mol. The molecule has 50 heavy (non-hydrogen) atoms. The highest BCUT2D eigenvalue weighted by atomic mass is 15.0. The molecule has 0 atom stereocenters. The maximum Gasteiger partial charge on any atom is 0.101 e. The first-order valence-electron chi connectivity index (χ1n) is 16.3. The van der Waals surface area contributed by atoms with E-state index in [4.69, 9.17) is 0 Å². The molecule has 2 heterocycles. The fraction of sp³-hybridized carbons (Fsp3) is 0. The van der Waals surface area contributed by atoms with Gasteiger partial charge in [-0.15, -0.1) is 0 Å². The van der Waals surface area contributed by atoms with Crippen molar-refractivity contribution in [2.75, 3.05) is 0 Å². The Bertz CT molecular complexity index is 2970. The molecule has 2 aromatic heterocycles. The average molecular weight is 636 g/mol. The smallest absolute Gasteiger partial charge is 0.101 e. The number of nitrogens with zero attached hydrogens (tertiary/aromatic N) is 5. The van der Waals surface area contributed by atoms with Crippen molar-refractivity contribution < 1.29 is 0 Å². The van der Waals surface area contributed by atoms with Crippen LogP contribution in [0.1, 0.15) is 16.7 Å². The Morgan fingerprint density at radius 1 is 0.400 bits per heavy atom. The molecular formula is C45H25N5. The SMILES string of the molecule is N#Cc1ccc2c(c1)c1ccccc1n2-c1ccccc1-c1cc(-c2cccc(-n3c4ccccc4c4cccc(C#N)c43)c2)ccc1C#N. The van der Waals surface area contributed by atoms with E-state index < -0.39 is 0 Å². The van der Waals surface area contributed by atoms with Gasteiger partial charge in [-0.25, -0.2) is 0 Å². The molecule has 0 aliphatic rings. The molecule has 0 spiro atoms. The van der Waals surface area contributed by atoms with E-state index in [-0.39, 0.29) is 0 Å².